The summed E-state index contributed by atoms with van der Waals surface area (Å²) in [5.74, 6) is 0.197. The largest absolute Gasteiger partial charge is 0.495 e. The van der Waals surface area contributed by atoms with Gasteiger partial charge in [0.15, 0.2) is 0 Å². The van der Waals surface area contributed by atoms with Gasteiger partial charge in [0.05, 0.1) is 7.11 Å². The molecular formula is C20H30N2O4S. The molecule has 1 unspecified atom stereocenters. The van der Waals surface area contributed by atoms with Gasteiger partial charge in [-0.15, -0.1) is 0 Å². The third kappa shape index (κ3) is 4.29. The van der Waals surface area contributed by atoms with Crippen molar-refractivity contribution >= 4 is 15.9 Å². The van der Waals surface area contributed by atoms with E-state index < -0.39 is 10.0 Å². The number of sulfonamides is 1. The summed E-state index contributed by atoms with van der Waals surface area (Å²) in [4.78, 5) is 14.9. The van der Waals surface area contributed by atoms with Gasteiger partial charge in [0.1, 0.15) is 10.6 Å². The fraction of sp³-hybridized carbons (Fsp3) is 0.650. The van der Waals surface area contributed by atoms with Gasteiger partial charge in [-0.3, -0.25) is 4.79 Å². The number of carbonyl (C=O) groups excluding carboxylic acids is 1. The molecule has 0 radical (unpaired) electrons. The number of benzene rings is 1. The highest BCUT2D eigenvalue weighted by molar-refractivity contribution is 7.89. The fourth-order valence-corrected chi connectivity index (χ4v) is 5.91. The first kappa shape index (κ1) is 20.1. The van der Waals surface area contributed by atoms with Crippen LogP contribution in [0.4, 0.5) is 0 Å². The molecule has 1 aromatic rings. The molecule has 1 amide bonds. The SMILES string of the molecule is COc1ccc(C(=O)N2CCCCCC2)cc1S(=O)(=O)N1CCCCC1C. The van der Waals surface area contributed by atoms with Gasteiger partial charge >= 0.3 is 0 Å². The molecule has 150 valence electrons. The Morgan fingerprint density at radius 2 is 1.70 bits per heavy atom. The molecule has 0 aliphatic carbocycles. The van der Waals surface area contributed by atoms with Gasteiger partial charge in [-0.05, 0) is 50.8 Å². The summed E-state index contributed by atoms with van der Waals surface area (Å²) in [5.41, 5.74) is 0.418. The van der Waals surface area contributed by atoms with Crippen molar-refractivity contribution in [2.75, 3.05) is 26.7 Å². The zero-order chi connectivity index (χ0) is 19.4. The first-order chi connectivity index (χ1) is 12.9. The first-order valence-electron chi connectivity index (χ1n) is 9.94. The maximum Gasteiger partial charge on any atom is 0.253 e. The second-order valence-electron chi connectivity index (χ2n) is 7.53. The molecule has 6 nitrogen and oxygen atoms in total. The molecule has 27 heavy (non-hydrogen) atoms. The Morgan fingerprint density at radius 1 is 1.04 bits per heavy atom. The van der Waals surface area contributed by atoms with Crippen LogP contribution in [0.2, 0.25) is 0 Å². The monoisotopic (exact) mass is 394 g/mol. The zero-order valence-corrected chi connectivity index (χ0v) is 17.1. The molecule has 3 rings (SSSR count). The van der Waals surface area contributed by atoms with E-state index in [9.17, 15) is 13.2 Å². The number of hydrogen-bond acceptors (Lipinski definition) is 4. The molecule has 7 heteroatoms. The van der Waals surface area contributed by atoms with Crippen molar-refractivity contribution in [2.24, 2.45) is 0 Å². The summed E-state index contributed by atoms with van der Waals surface area (Å²) < 4.78 is 33.5. The summed E-state index contributed by atoms with van der Waals surface area (Å²) >= 11 is 0. The lowest BCUT2D eigenvalue weighted by atomic mass is 10.1. The van der Waals surface area contributed by atoms with E-state index in [-0.39, 0.29) is 16.8 Å². The second-order valence-corrected chi connectivity index (χ2v) is 9.39. The molecule has 2 aliphatic rings. The molecular weight excluding hydrogens is 364 g/mol. The summed E-state index contributed by atoms with van der Waals surface area (Å²) in [5, 5.41) is 0. The summed E-state index contributed by atoms with van der Waals surface area (Å²) in [7, 11) is -2.25. The molecule has 0 bridgehead atoms. The van der Waals surface area contributed by atoms with Crippen LogP contribution < -0.4 is 4.74 Å². The highest BCUT2D eigenvalue weighted by Gasteiger charge is 2.34. The molecule has 0 N–H and O–H groups in total. The smallest absolute Gasteiger partial charge is 0.253 e. The van der Waals surface area contributed by atoms with E-state index in [1.54, 1.807) is 16.4 Å². The third-order valence-electron chi connectivity index (χ3n) is 5.63. The van der Waals surface area contributed by atoms with E-state index in [1.807, 2.05) is 11.8 Å². The number of piperidine rings is 1. The van der Waals surface area contributed by atoms with Crippen LogP contribution in [0.25, 0.3) is 0 Å². The Balaban J connectivity index is 1.94. The van der Waals surface area contributed by atoms with Crippen LogP contribution in [0.1, 0.15) is 62.2 Å². The standard InChI is InChI=1S/C20H30N2O4S/c1-16-9-5-8-14-22(16)27(24,25)19-15-17(10-11-18(19)26-2)20(23)21-12-6-3-4-7-13-21/h10-11,15-16H,3-9,12-14H2,1-2H3. The molecule has 2 aliphatic heterocycles. The Bertz CT molecular complexity index is 770. The van der Waals surface area contributed by atoms with Gasteiger partial charge in [-0.25, -0.2) is 8.42 Å². The number of carbonyl (C=O) groups is 1. The Hall–Kier alpha value is -1.60. The summed E-state index contributed by atoms with van der Waals surface area (Å²) in [6.07, 6.45) is 7.03. The zero-order valence-electron chi connectivity index (χ0n) is 16.3. The number of amides is 1. The van der Waals surface area contributed by atoms with Gasteiger partial charge < -0.3 is 9.64 Å². The number of rotatable bonds is 4. The minimum Gasteiger partial charge on any atom is -0.495 e. The number of hydrogen-bond donors (Lipinski definition) is 0. The molecule has 2 fully saturated rings. The molecule has 1 atom stereocenters. The summed E-state index contributed by atoms with van der Waals surface area (Å²) in [6, 6.07) is 4.73. The lowest BCUT2D eigenvalue weighted by Gasteiger charge is -2.32. The van der Waals surface area contributed by atoms with E-state index in [4.69, 9.17) is 4.74 Å². The van der Waals surface area contributed by atoms with E-state index in [2.05, 4.69) is 0 Å². The van der Waals surface area contributed by atoms with Crippen LogP contribution in [0, 0.1) is 0 Å². The van der Waals surface area contributed by atoms with Crippen LogP contribution in [0.15, 0.2) is 23.1 Å². The Labute approximate surface area is 162 Å². The number of methoxy groups -OCH3 is 1. The van der Waals surface area contributed by atoms with E-state index in [1.165, 1.54) is 13.2 Å². The topological polar surface area (TPSA) is 66.9 Å². The van der Waals surface area contributed by atoms with Crippen molar-refractivity contribution < 1.29 is 17.9 Å². The van der Waals surface area contributed by atoms with Crippen LogP contribution in [-0.2, 0) is 10.0 Å². The van der Waals surface area contributed by atoms with Crippen LogP contribution in [0.3, 0.4) is 0 Å². The molecule has 0 spiro atoms. The number of ether oxygens (including phenoxy) is 1. The maximum absolute atomic E-state index is 13.3. The number of nitrogens with zero attached hydrogens (tertiary/aromatic N) is 2. The lowest BCUT2D eigenvalue weighted by Crippen LogP contribution is -2.42. The number of likely N-dealkylation sites (tertiary alicyclic amines) is 1. The molecule has 0 saturated carbocycles. The van der Waals surface area contributed by atoms with Gasteiger partial charge in [-0.1, -0.05) is 19.3 Å². The van der Waals surface area contributed by atoms with Crippen molar-refractivity contribution in [1.82, 2.24) is 9.21 Å². The van der Waals surface area contributed by atoms with E-state index in [0.717, 1.165) is 58.0 Å². The predicted molar refractivity (Wildman–Crippen MR) is 105 cm³/mol. The molecule has 1 aromatic carbocycles. The molecule has 0 aromatic heterocycles. The second kappa shape index (κ2) is 8.61. The summed E-state index contributed by atoms with van der Waals surface area (Å²) in [6.45, 7) is 3.92. The van der Waals surface area contributed by atoms with Crippen molar-refractivity contribution in [1.29, 1.82) is 0 Å². The van der Waals surface area contributed by atoms with Crippen LogP contribution >= 0.6 is 0 Å². The predicted octanol–water partition coefficient (Wildman–Crippen LogP) is 3.27. The highest BCUT2D eigenvalue weighted by atomic mass is 32.2. The average molecular weight is 395 g/mol. The van der Waals surface area contributed by atoms with E-state index >= 15 is 0 Å². The maximum atomic E-state index is 13.3. The minimum absolute atomic E-state index is 0.0431. The van der Waals surface area contributed by atoms with Crippen LogP contribution in [0.5, 0.6) is 5.75 Å². The average Bonchev–Trinajstić information content (AvgIpc) is 2.96. The van der Waals surface area contributed by atoms with Gasteiger partial charge in [0, 0.05) is 31.2 Å². The van der Waals surface area contributed by atoms with Gasteiger partial charge in [0.2, 0.25) is 10.0 Å². The highest BCUT2D eigenvalue weighted by Crippen LogP contribution is 2.32. The molecule has 2 saturated heterocycles. The minimum atomic E-state index is -3.71. The van der Waals surface area contributed by atoms with Gasteiger partial charge in [-0.2, -0.15) is 4.31 Å². The Kier molecular flexibility index (Phi) is 6.42. The Morgan fingerprint density at radius 3 is 2.33 bits per heavy atom. The normalized spacial score (nSPS) is 22.3. The van der Waals surface area contributed by atoms with Crippen molar-refractivity contribution in [3.05, 3.63) is 23.8 Å². The lowest BCUT2D eigenvalue weighted by molar-refractivity contribution is 0.0761. The third-order valence-corrected chi connectivity index (χ3v) is 7.67. The van der Waals surface area contributed by atoms with Crippen molar-refractivity contribution in [3.63, 3.8) is 0 Å². The fourth-order valence-electron chi connectivity index (χ4n) is 4.02. The van der Waals surface area contributed by atoms with Crippen molar-refractivity contribution in [2.45, 2.75) is 62.8 Å². The van der Waals surface area contributed by atoms with Gasteiger partial charge in [0.25, 0.3) is 5.91 Å². The molecule has 2 heterocycles. The quantitative estimate of drug-likeness (QED) is 0.786. The van der Waals surface area contributed by atoms with E-state index in [0.29, 0.717) is 17.9 Å². The first-order valence-corrected chi connectivity index (χ1v) is 11.4. The van der Waals surface area contributed by atoms with Crippen LogP contribution in [-0.4, -0.2) is 56.3 Å². The van der Waals surface area contributed by atoms with Crippen molar-refractivity contribution in [3.8, 4) is 5.75 Å².